The lowest BCUT2D eigenvalue weighted by Gasteiger charge is -2.22. The number of hydrogen-bond donors (Lipinski definition) is 2. The summed E-state index contributed by atoms with van der Waals surface area (Å²) >= 11 is 5.87. The number of imidazole rings is 1. The summed E-state index contributed by atoms with van der Waals surface area (Å²) < 4.78 is 1.99. The Balaban J connectivity index is 1.55. The van der Waals surface area contributed by atoms with Crippen molar-refractivity contribution in [2.24, 2.45) is 5.92 Å². The van der Waals surface area contributed by atoms with Crippen LogP contribution < -0.4 is 10.6 Å². The number of aromatic nitrogens is 2. The lowest BCUT2D eigenvalue weighted by Crippen LogP contribution is -2.49. The molecule has 1 atom stereocenters. The molecule has 0 aliphatic rings. The van der Waals surface area contributed by atoms with Crippen LogP contribution in [0, 0.1) is 5.92 Å². The maximum atomic E-state index is 12.7. The normalized spacial score (nSPS) is 11.9. The maximum Gasteiger partial charge on any atom is 0.251 e. The second-order valence-corrected chi connectivity index (χ2v) is 7.91. The van der Waals surface area contributed by atoms with Crippen LogP contribution in [0.2, 0.25) is 5.02 Å². The predicted molar refractivity (Wildman–Crippen MR) is 117 cm³/mol. The van der Waals surface area contributed by atoms with E-state index >= 15 is 0 Å². The third-order valence-corrected chi connectivity index (χ3v) is 5.01. The first-order chi connectivity index (χ1) is 14.4. The van der Waals surface area contributed by atoms with E-state index in [9.17, 15) is 9.59 Å². The van der Waals surface area contributed by atoms with E-state index in [2.05, 4.69) is 15.6 Å². The second-order valence-electron chi connectivity index (χ2n) is 7.47. The lowest BCUT2D eigenvalue weighted by molar-refractivity contribution is -0.124. The van der Waals surface area contributed by atoms with Gasteiger partial charge in [0.05, 0.1) is 6.33 Å². The average molecular weight is 425 g/mol. The summed E-state index contributed by atoms with van der Waals surface area (Å²) in [6.07, 6.45) is 5.44. The minimum absolute atomic E-state index is 0.0567. The van der Waals surface area contributed by atoms with Gasteiger partial charge in [-0.25, -0.2) is 4.98 Å². The van der Waals surface area contributed by atoms with Crippen LogP contribution in [0.25, 0.3) is 0 Å². The molecule has 7 heteroatoms. The summed E-state index contributed by atoms with van der Waals surface area (Å²) in [7, 11) is 0. The minimum Gasteiger partial charge on any atom is -0.350 e. The molecule has 2 aromatic carbocycles. The zero-order valence-electron chi connectivity index (χ0n) is 17.0. The van der Waals surface area contributed by atoms with Crippen molar-refractivity contribution in [1.29, 1.82) is 0 Å². The van der Waals surface area contributed by atoms with Gasteiger partial charge in [0.25, 0.3) is 5.91 Å². The number of nitrogens with one attached hydrogen (secondary N) is 2. The first kappa shape index (κ1) is 21.6. The van der Waals surface area contributed by atoms with Crippen LogP contribution in [0.15, 0.2) is 67.3 Å². The zero-order valence-corrected chi connectivity index (χ0v) is 17.8. The first-order valence-corrected chi connectivity index (χ1v) is 10.2. The van der Waals surface area contributed by atoms with Gasteiger partial charge in [0.2, 0.25) is 5.91 Å². The van der Waals surface area contributed by atoms with Crippen LogP contribution in [0.5, 0.6) is 0 Å². The fourth-order valence-corrected chi connectivity index (χ4v) is 3.14. The van der Waals surface area contributed by atoms with E-state index in [1.165, 1.54) is 0 Å². The number of carbonyl (C=O) groups is 2. The summed E-state index contributed by atoms with van der Waals surface area (Å²) in [5.41, 5.74) is 2.61. The molecule has 2 N–H and O–H groups in total. The number of amides is 2. The molecule has 0 saturated carbocycles. The third-order valence-electron chi connectivity index (χ3n) is 4.76. The molecular formula is C23H25ClN4O2. The highest BCUT2D eigenvalue weighted by Gasteiger charge is 2.24. The third kappa shape index (κ3) is 5.94. The van der Waals surface area contributed by atoms with Gasteiger partial charge >= 0.3 is 0 Å². The van der Waals surface area contributed by atoms with Crippen LogP contribution in [-0.2, 0) is 17.9 Å². The summed E-state index contributed by atoms with van der Waals surface area (Å²) in [6.45, 7) is 4.94. The van der Waals surface area contributed by atoms with Gasteiger partial charge in [0.15, 0.2) is 0 Å². The fraction of sp³-hybridized carbons (Fsp3) is 0.261. The summed E-state index contributed by atoms with van der Waals surface area (Å²) in [5.74, 6) is -0.571. The number of halogens is 1. The molecule has 0 spiro atoms. The van der Waals surface area contributed by atoms with Crippen LogP contribution in [-0.4, -0.2) is 27.4 Å². The van der Waals surface area contributed by atoms with Crippen LogP contribution in [0.1, 0.15) is 35.3 Å². The quantitative estimate of drug-likeness (QED) is 0.579. The summed E-state index contributed by atoms with van der Waals surface area (Å²) in [6, 6.07) is 14.0. The van der Waals surface area contributed by atoms with E-state index in [1.54, 1.807) is 36.8 Å². The standard InChI is InChI=1S/C23H25ClN4O2/c1-16(2)21(27-22(29)19-7-9-20(24)10-8-19)23(30)26-13-17-3-5-18(6-4-17)14-28-12-11-25-15-28/h3-12,15-16,21H,13-14H2,1-2H3,(H,26,30)(H,27,29). The first-order valence-electron chi connectivity index (χ1n) is 9.80. The number of hydrogen-bond acceptors (Lipinski definition) is 3. The Morgan fingerprint density at radius 1 is 1.03 bits per heavy atom. The van der Waals surface area contributed by atoms with Gasteiger partial charge in [-0.2, -0.15) is 0 Å². The number of nitrogens with zero attached hydrogens (tertiary/aromatic N) is 2. The SMILES string of the molecule is CC(C)C(NC(=O)c1ccc(Cl)cc1)C(=O)NCc1ccc(Cn2ccnc2)cc1. The van der Waals surface area contributed by atoms with Gasteiger partial charge in [0, 0.05) is 36.1 Å². The van der Waals surface area contributed by atoms with Crippen LogP contribution >= 0.6 is 11.6 Å². The number of rotatable bonds is 8. The molecule has 1 unspecified atom stereocenters. The molecule has 0 aliphatic carbocycles. The van der Waals surface area contributed by atoms with Gasteiger partial charge in [-0.3, -0.25) is 9.59 Å². The predicted octanol–water partition coefficient (Wildman–Crippen LogP) is 3.66. The van der Waals surface area contributed by atoms with Crippen molar-refractivity contribution < 1.29 is 9.59 Å². The highest BCUT2D eigenvalue weighted by molar-refractivity contribution is 6.30. The van der Waals surface area contributed by atoms with Gasteiger partial charge in [-0.05, 0) is 41.3 Å². The van der Waals surface area contributed by atoms with E-state index in [0.29, 0.717) is 17.1 Å². The zero-order chi connectivity index (χ0) is 21.5. The second kappa shape index (κ2) is 10.1. The number of carbonyl (C=O) groups excluding carboxylic acids is 2. The molecule has 30 heavy (non-hydrogen) atoms. The molecule has 0 radical (unpaired) electrons. The van der Waals surface area contributed by atoms with E-state index in [-0.39, 0.29) is 17.7 Å². The lowest BCUT2D eigenvalue weighted by atomic mass is 10.0. The smallest absolute Gasteiger partial charge is 0.251 e. The molecule has 6 nitrogen and oxygen atoms in total. The van der Waals surface area contributed by atoms with Crippen molar-refractivity contribution in [3.05, 3.63) is 89.0 Å². The highest BCUT2D eigenvalue weighted by atomic mass is 35.5. The topological polar surface area (TPSA) is 76.0 Å². The fourth-order valence-electron chi connectivity index (χ4n) is 3.01. The van der Waals surface area contributed by atoms with E-state index < -0.39 is 6.04 Å². The number of benzene rings is 2. The molecule has 1 heterocycles. The Kier molecular flexibility index (Phi) is 7.25. The van der Waals surface area contributed by atoms with Gasteiger partial charge < -0.3 is 15.2 Å². The molecular weight excluding hydrogens is 400 g/mol. The van der Waals surface area contributed by atoms with E-state index in [0.717, 1.165) is 17.7 Å². The van der Waals surface area contributed by atoms with E-state index in [4.69, 9.17) is 11.6 Å². The molecule has 2 amide bonds. The van der Waals surface area contributed by atoms with Crippen molar-refractivity contribution in [2.45, 2.75) is 33.0 Å². The van der Waals surface area contributed by atoms with Crippen molar-refractivity contribution in [2.75, 3.05) is 0 Å². The monoisotopic (exact) mass is 424 g/mol. The van der Waals surface area contributed by atoms with E-state index in [1.807, 2.05) is 48.9 Å². The Hall–Kier alpha value is -3.12. The van der Waals surface area contributed by atoms with Crippen molar-refractivity contribution in [1.82, 2.24) is 20.2 Å². The Morgan fingerprint density at radius 3 is 2.30 bits per heavy atom. The van der Waals surface area contributed by atoms with Crippen LogP contribution in [0.3, 0.4) is 0 Å². The maximum absolute atomic E-state index is 12.7. The molecule has 3 rings (SSSR count). The molecule has 0 saturated heterocycles. The van der Waals surface area contributed by atoms with Gasteiger partial charge in [0.1, 0.15) is 6.04 Å². The highest BCUT2D eigenvalue weighted by Crippen LogP contribution is 2.11. The molecule has 156 valence electrons. The molecule has 0 bridgehead atoms. The summed E-state index contributed by atoms with van der Waals surface area (Å²) in [4.78, 5) is 29.2. The molecule has 1 aromatic heterocycles. The van der Waals surface area contributed by atoms with Gasteiger partial charge in [-0.15, -0.1) is 0 Å². The average Bonchev–Trinajstić information content (AvgIpc) is 3.24. The Labute approximate surface area is 181 Å². The Morgan fingerprint density at radius 2 is 1.70 bits per heavy atom. The molecule has 0 fully saturated rings. The van der Waals surface area contributed by atoms with Gasteiger partial charge in [-0.1, -0.05) is 49.7 Å². The molecule has 3 aromatic rings. The van der Waals surface area contributed by atoms with Crippen LogP contribution in [0.4, 0.5) is 0 Å². The largest absolute Gasteiger partial charge is 0.350 e. The van der Waals surface area contributed by atoms with Crippen molar-refractivity contribution in [3.8, 4) is 0 Å². The van der Waals surface area contributed by atoms with Crippen molar-refractivity contribution >= 4 is 23.4 Å². The summed E-state index contributed by atoms with van der Waals surface area (Å²) in [5, 5.41) is 6.30. The minimum atomic E-state index is -0.631. The molecule has 0 aliphatic heterocycles. The Bertz CT molecular complexity index is 967. The van der Waals surface area contributed by atoms with Crippen molar-refractivity contribution in [3.63, 3.8) is 0 Å².